The van der Waals surface area contributed by atoms with E-state index in [0.29, 0.717) is 12.1 Å². The van der Waals surface area contributed by atoms with Gasteiger partial charge in [0.1, 0.15) is 5.60 Å². The normalized spacial score (nSPS) is 28.1. The summed E-state index contributed by atoms with van der Waals surface area (Å²) in [5, 5.41) is 4.54. The number of hydrogen-bond acceptors (Lipinski definition) is 4. The third kappa shape index (κ3) is 4.55. The van der Waals surface area contributed by atoms with Crippen LogP contribution in [-0.4, -0.2) is 53.3 Å². The van der Waals surface area contributed by atoms with E-state index in [9.17, 15) is 4.79 Å². The van der Waals surface area contributed by atoms with Gasteiger partial charge in [0.25, 0.3) is 0 Å². The van der Waals surface area contributed by atoms with Crippen LogP contribution in [0.3, 0.4) is 0 Å². The van der Waals surface area contributed by atoms with Gasteiger partial charge < -0.3 is 15.0 Å². The first kappa shape index (κ1) is 16.0. The maximum Gasteiger partial charge on any atom is 0.410 e. The minimum atomic E-state index is -0.397. The fourth-order valence-electron chi connectivity index (χ4n) is 2.86. The van der Waals surface area contributed by atoms with Crippen molar-refractivity contribution in [3.63, 3.8) is 0 Å². The molecule has 0 aromatic carbocycles. The molecule has 0 radical (unpaired) electrons. The van der Waals surface area contributed by atoms with E-state index < -0.39 is 5.60 Å². The zero-order valence-corrected chi connectivity index (χ0v) is 14.0. The molecule has 5 heteroatoms. The molecule has 2 aliphatic rings. The van der Waals surface area contributed by atoms with E-state index in [2.05, 4.69) is 11.6 Å². The molecule has 1 heterocycles. The first-order chi connectivity index (χ1) is 9.37. The highest BCUT2D eigenvalue weighted by Gasteiger charge is 2.35. The Morgan fingerprint density at radius 3 is 2.25 bits per heavy atom. The Kier molecular flexibility index (Phi) is 5.24. The number of rotatable bonds is 3. The van der Waals surface area contributed by atoms with Gasteiger partial charge in [0.05, 0.1) is 0 Å². The van der Waals surface area contributed by atoms with Crippen molar-refractivity contribution in [3.8, 4) is 0 Å². The third-order valence-electron chi connectivity index (χ3n) is 4.01. The molecular formula is C15H28N2O2S. The number of hydrogen-bond donors (Lipinski definition) is 1. The number of thioether (sulfide) groups is 1. The zero-order chi connectivity index (χ0) is 14.8. The van der Waals surface area contributed by atoms with Gasteiger partial charge in [-0.15, -0.1) is 0 Å². The van der Waals surface area contributed by atoms with E-state index in [0.717, 1.165) is 18.3 Å². The molecule has 0 bridgehead atoms. The number of likely N-dealkylation sites (tertiary alicyclic amines) is 1. The number of carbonyl (C=O) groups excluding carboxylic acids is 1. The molecule has 0 aromatic rings. The molecule has 0 spiro atoms. The molecular weight excluding hydrogens is 272 g/mol. The summed E-state index contributed by atoms with van der Waals surface area (Å²) in [6.45, 7) is 7.30. The highest BCUT2D eigenvalue weighted by atomic mass is 32.2. The number of carbonyl (C=O) groups is 1. The lowest BCUT2D eigenvalue weighted by Gasteiger charge is -2.42. The van der Waals surface area contributed by atoms with Crippen LogP contribution < -0.4 is 5.32 Å². The second-order valence-electron chi connectivity index (χ2n) is 6.96. The van der Waals surface area contributed by atoms with Gasteiger partial charge in [-0.2, -0.15) is 11.8 Å². The number of nitrogens with one attached hydrogen (secondary N) is 1. The molecule has 2 rings (SSSR count). The molecule has 1 saturated carbocycles. The standard InChI is InChI=1S/C15H28N2O2S/c1-15(2,3)19-14(18)17-9-12(10-17)16-11-5-7-13(20-4)8-6-11/h11-13,16H,5-10H2,1-4H3. The summed E-state index contributed by atoms with van der Waals surface area (Å²) in [5.41, 5.74) is -0.397. The van der Waals surface area contributed by atoms with E-state index in [-0.39, 0.29) is 6.09 Å². The summed E-state index contributed by atoms with van der Waals surface area (Å²) in [6.07, 6.45) is 7.22. The summed E-state index contributed by atoms with van der Waals surface area (Å²) in [6, 6.07) is 1.10. The summed E-state index contributed by atoms with van der Waals surface area (Å²) >= 11 is 2.00. The molecule has 4 nitrogen and oxygen atoms in total. The first-order valence-corrected chi connectivity index (χ1v) is 8.93. The molecule has 1 N–H and O–H groups in total. The van der Waals surface area contributed by atoms with Crippen molar-refractivity contribution < 1.29 is 9.53 Å². The van der Waals surface area contributed by atoms with Gasteiger partial charge in [-0.3, -0.25) is 0 Å². The Bertz CT molecular complexity index is 329. The highest BCUT2D eigenvalue weighted by molar-refractivity contribution is 7.99. The highest BCUT2D eigenvalue weighted by Crippen LogP contribution is 2.27. The van der Waals surface area contributed by atoms with Crippen LogP contribution in [0.1, 0.15) is 46.5 Å². The fourth-order valence-corrected chi connectivity index (χ4v) is 3.60. The van der Waals surface area contributed by atoms with Gasteiger partial charge in [0.2, 0.25) is 0 Å². The quantitative estimate of drug-likeness (QED) is 0.870. The summed E-state index contributed by atoms with van der Waals surface area (Å²) in [5.74, 6) is 0. The van der Waals surface area contributed by atoms with Crippen molar-refractivity contribution in [2.75, 3.05) is 19.3 Å². The lowest BCUT2D eigenvalue weighted by atomic mass is 9.93. The van der Waals surface area contributed by atoms with Crippen LogP contribution in [0.4, 0.5) is 4.79 Å². The van der Waals surface area contributed by atoms with E-state index in [1.165, 1.54) is 25.7 Å². The Labute approximate surface area is 127 Å². The van der Waals surface area contributed by atoms with Crippen LogP contribution in [0, 0.1) is 0 Å². The summed E-state index contributed by atoms with van der Waals surface area (Å²) in [4.78, 5) is 13.6. The topological polar surface area (TPSA) is 41.6 Å². The lowest BCUT2D eigenvalue weighted by molar-refractivity contribution is 0.00369. The van der Waals surface area contributed by atoms with Gasteiger partial charge in [-0.05, 0) is 52.7 Å². The Balaban J connectivity index is 1.63. The van der Waals surface area contributed by atoms with Gasteiger partial charge in [0.15, 0.2) is 0 Å². The van der Waals surface area contributed by atoms with Crippen LogP contribution >= 0.6 is 11.8 Å². The number of nitrogens with zero attached hydrogens (tertiary/aromatic N) is 1. The smallest absolute Gasteiger partial charge is 0.410 e. The Hall–Kier alpha value is -0.420. The largest absolute Gasteiger partial charge is 0.444 e. The summed E-state index contributed by atoms with van der Waals surface area (Å²) in [7, 11) is 0. The Morgan fingerprint density at radius 2 is 1.75 bits per heavy atom. The molecule has 2 fully saturated rings. The zero-order valence-electron chi connectivity index (χ0n) is 13.1. The van der Waals surface area contributed by atoms with Crippen molar-refractivity contribution in [2.24, 2.45) is 0 Å². The fraction of sp³-hybridized carbons (Fsp3) is 0.933. The Morgan fingerprint density at radius 1 is 1.15 bits per heavy atom. The van der Waals surface area contributed by atoms with Crippen LogP contribution in [0.5, 0.6) is 0 Å². The van der Waals surface area contributed by atoms with Gasteiger partial charge in [-0.25, -0.2) is 4.79 Å². The monoisotopic (exact) mass is 300 g/mol. The van der Waals surface area contributed by atoms with E-state index in [1.807, 2.05) is 32.5 Å². The van der Waals surface area contributed by atoms with E-state index >= 15 is 0 Å². The van der Waals surface area contributed by atoms with Gasteiger partial charge in [0, 0.05) is 30.4 Å². The van der Waals surface area contributed by atoms with E-state index in [1.54, 1.807) is 4.90 Å². The van der Waals surface area contributed by atoms with Gasteiger partial charge >= 0.3 is 6.09 Å². The molecule has 0 unspecified atom stereocenters. The van der Waals surface area contributed by atoms with E-state index in [4.69, 9.17) is 4.74 Å². The molecule has 116 valence electrons. The average Bonchev–Trinajstić information content (AvgIpc) is 2.31. The molecule has 20 heavy (non-hydrogen) atoms. The molecule has 1 aliphatic carbocycles. The SMILES string of the molecule is CSC1CCC(NC2CN(C(=O)OC(C)(C)C)C2)CC1. The van der Waals surface area contributed by atoms with Crippen molar-refractivity contribution in [1.82, 2.24) is 10.2 Å². The van der Waals surface area contributed by atoms with Crippen LogP contribution in [0.15, 0.2) is 0 Å². The van der Waals surface area contributed by atoms with Crippen molar-refractivity contribution in [3.05, 3.63) is 0 Å². The van der Waals surface area contributed by atoms with Crippen molar-refractivity contribution in [1.29, 1.82) is 0 Å². The second-order valence-corrected chi connectivity index (χ2v) is 8.10. The average molecular weight is 300 g/mol. The van der Waals surface area contributed by atoms with Crippen LogP contribution in [0.25, 0.3) is 0 Å². The third-order valence-corrected chi connectivity index (χ3v) is 5.15. The minimum absolute atomic E-state index is 0.179. The second kappa shape index (κ2) is 6.56. The number of amides is 1. The predicted octanol–water partition coefficient (Wildman–Crippen LogP) is 2.87. The number of ether oxygens (including phenoxy) is 1. The van der Waals surface area contributed by atoms with Crippen molar-refractivity contribution >= 4 is 17.9 Å². The molecule has 1 amide bonds. The van der Waals surface area contributed by atoms with Crippen LogP contribution in [0.2, 0.25) is 0 Å². The molecule has 0 atom stereocenters. The minimum Gasteiger partial charge on any atom is -0.444 e. The predicted molar refractivity (Wildman–Crippen MR) is 84.3 cm³/mol. The maximum atomic E-state index is 11.8. The van der Waals surface area contributed by atoms with Gasteiger partial charge in [-0.1, -0.05) is 0 Å². The molecule has 1 saturated heterocycles. The van der Waals surface area contributed by atoms with Crippen LogP contribution in [-0.2, 0) is 4.74 Å². The summed E-state index contributed by atoms with van der Waals surface area (Å²) < 4.78 is 5.37. The van der Waals surface area contributed by atoms with Crippen molar-refractivity contribution in [2.45, 2.75) is 69.4 Å². The first-order valence-electron chi connectivity index (χ1n) is 7.64. The molecule has 1 aliphatic heterocycles. The molecule has 0 aromatic heterocycles. The maximum absolute atomic E-state index is 11.8. The lowest BCUT2D eigenvalue weighted by Crippen LogP contribution is -2.62.